The summed E-state index contributed by atoms with van der Waals surface area (Å²) in [5.74, 6) is -2.06. The highest BCUT2D eigenvalue weighted by Gasteiger charge is 2.24. The van der Waals surface area contributed by atoms with Gasteiger partial charge in [-0.15, -0.1) is 0 Å². The van der Waals surface area contributed by atoms with E-state index in [9.17, 15) is 19.8 Å². The molecule has 1 rings (SSSR count). The fourth-order valence-electron chi connectivity index (χ4n) is 1.31. The van der Waals surface area contributed by atoms with Crippen molar-refractivity contribution in [1.82, 2.24) is 4.98 Å². The summed E-state index contributed by atoms with van der Waals surface area (Å²) in [7, 11) is 0. The Morgan fingerprint density at radius 3 is 2.56 bits per heavy atom. The van der Waals surface area contributed by atoms with Crippen LogP contribution in [0.2, 0.25) is 5.15 Å². The Bertz CT molecular complexity index is 479. The second-order valence-corrected chi connectivity index (χ2v) is 3.95. The van der Waals surface area contributed by atoms with Gasteiger partial charge < -0.3 is 21.1 Å². The number of aliphatic hydroxyl groups is 2. The van der Waals surface area contributed by atoms with Gasteiger partial charge in [-0.1, -0.05) is 11.6 Å². The zero-order valence-electron chi connectivity index (χ0n) is 9.08. The smallest absolute Gasteiger partial charge is 0.337 e. The zero-order valence-corrected chi connectivity index (χ0v) is 9.83. The number of rotatable bonds is 5. The van der Waals surface area contributed by atoms with Crippen LogP contribution >= 0.6 is 11.6 Å². The Morgan fingerprint density at radius 1 is 1.44 bits per heavy atom. The summed E-state index contributed by atoms with van der Waals surface area (Å²) in [4.78, 5) is 24.9. The molecular formula is C10H11ClN2O5. The molecule has 0 saturated heterocycles. The molecule has 2 unspecified atom stereocenters. The largest absolute Gasteiger partial charge is 0.478 e. The second-order valence-electron chi connectivity index (χ2n) is 3.59. The van der Waals surface area contributed by atoms with Gasteiger partial charge in [0.15, 0.2) is 0 Å². The normalized spacial score (nSPS) is 13.9. The van der Waals surface area contributed by atoms with Gasteiger partial charge in [0.05, 0.1) is 18.1 Å². The van der Waals surface area contributed by atoms with Crippen LogP contribution in [0, 0.1) is 0 Å². The summed E-state index contributed by atoms with van der Waals surface area (Å²) < 4.78 is 0. The highest BCUT2D eigenvalue weighted by molar-refractivity contribution is 6.30. The van der Waals surface area contributed by atoms with Crippen LogP contribution < -0.4 is 5.73 Å². The fourth-order valence-corrected chi connectivity index (χ4v) is 1.53. The first-order valence-corrected chi connectivity index (χ1v) is 5.24. The highest BCUT2D eigenvalue weighted by Crippen LogP contribution is 2.25. The molecule has 8 heteroatoms. The van der Waals surface area contributed by atoms with Crippen molar-refractivity contribution < 1.29 is 24.9 Å². The Balaban J connectivity index is 3.03. The number of carboxylic acids is 1. The van der Waals surface area contributed by atoms with E-state index < -0.39 is 30.5 Å². The lowest BCUT2D eigenvalue weighted by Gasteiger charge is -2.17. The molecule has 5 N–H and O–H groups in total. The first-order valence-electron chi connectivity index (χ1n) is 4.86. The predicted octanol–water partition coefficient (Wildman–Crippen LogP) is -0.297. The van der Waals surface area contributed by atoms with E-state index in [1.165, 1.54) is 0 Å². The number of aromatic carboxylic acids is 1. The van der Waals surface area contributed by atoms with E-state index in [-0.39, 0.29) is 16.3 Å². The molecule has 0 saturated carbocycles. The van der Waals surface area contributed by atoms with E-state index in [4.69, 9.17) is 22.4 Å². The second kappa shape index (κ2) is 5.76. The molecule has 98 valence electrons. The summed E-state index contributed by atoms with van der Waals surface area (Å²) in [6.45, 7) is 0. The Hall–Kier alpha value is -1.70. The molecule has 0 aliphatic rings. The summed E-state index contributed by atoms with van der Waals surface area (Å²) in [6, 6.07) is 1.08. The van der Waals surface area contributed by atoms with Crippen molar-refractivity contribution in [2.24, 2.45) is 5.73 Å². The number of amides is 1. The van der Waals surface area contributed by atoms with Crippen molar-refractivity contribution in [2.45, 2.75) is 18.6 Å². The number of carboxylic acid groups (broad SMARTS) is 1. The van der Waals surface area contributed by atoms with E-state index in [0.717, 1.165) is 12.3 Å². The number of primary amides is 1. The number of pyridine rings is 1. The van der Waals surface area contributed by atoms with Crippen molar-refractivity contribution in [1.29, 1.82) is 0 Å². The van der Waals surface area contributed by atoms with E-state index in [1.54, 1.807) is 0 Å². The number of aromatic nitrogens is 1. The van der Waals surface area contributed by atoms with Gasteiger partial charge in [-0.05, 0) is 6.07 Å². The first kappa shape index (κ1) is 14.4. The molecule has 1 aromatic heterocycles. The number of hydrogen-bond donors (Lipinski definition) is 4. The van der Waals surface area contributed by atoms with E-state index in [0.29, 0.717) is 0 Å². The lowest BCUT2D eigenvalue weighted by molar-refractivity contribution is -0.121. The number of carbonyl (C=O) groups excluding carboxylic acids is 1. The van der Waals surface area contributed by atoms with Crippen LogP contribution in [0.5, 0.6) is 0 Å². The molecule has 1 aromatic rings. The minimum absolute atomic E-state index is 0.0784. The molecular weight excluding hydrogens is 264 g/mol. The number of nitrogens with two attached hydrogens (primary N) is 1. The van der Waals surface area contributed by atoms with Gasteiger partial charge in [-0.2, -0.15) is 0 Å². The molecule has 7 nitrogen and oxygen atoms in total. The van der Waals surface area contributed by atoms with Gasteiger partial charge in [-0.3, -0.25) is 4.79 Å². The molecule has 2 atom stereocenters. The summed E-state index contributed by atoms with van der Waals surface area (Å²) in [5.41, 5.74) is 4.60. The molecule has 1 amide bonds. The Kier molecular flexibility index (Phi) is 4.60. The van der Waals surface area contributed by atoms with Gasteiger partial charge in [0.25, 0.3) is 0 Å². The topological polar surface area (TPSA) is 134 Å². The Morgan fingerprint density at radius 2 is 2.06 bits per heavy atom. The van der Waals surface area contributed by atoms with Crippen molar-refractivity contribution in [2.75, 3.05) is 0 Å². The number of nitrogens with zero attached hydrogens (tertiary/aromatic N) is 1. The molecule has 0 radical (unpaired) electrons. The lowest BCUT2D eigenvalue weighted by Crippen LogP contribution is -2.26. The van der Waals surface area contributed by atoms with Crippen molar-refractivity contribution in [3.05, 3.63) is 28.5 Å². The van der Waals surface area contributed by atoms with Crippen LogP contribution in [-0.2, 0) is 4.79 Å². The monoisotopic (exact) mass is 274 g/mol. The first-order chi connectivity index (χ1) is 8.32. The van der Waals surface area contributed by atoms with Crippen LogP contribution in [-0.4, -0.2) is 38.3 Å². The molecule has 18 heavy (non-hydrogen) atoms. The summed E-state index contributed by atoms with van der Waals surface area (Å²) in [6.07, 6.45) is -2.49. The van der Waals surface area contributed by atoms with Gasteiger partial charge in [0.2, 0.25) is 5.91 Å². The van der Waals surface area contributed by atoms with Crippen LogP contribution in [0.1, 0.15) is 28.4 Å². The average Bonchev–Trinajstić information content (AvgIpc) is 2.27. The van der Waals surface area contributed by atoms with E-state index in [1.807, 2.05) is 0 Å². The predicted molar refractivity (Wildman–Crippen MR) is 61.0 cm³/mol. The molecule has 0 spiro atoms. The van der Waals surface area contributed by atoms with Crippen LogP contribution in [0.4, 0.5) is 0 Å². The van der Waals surface area contributed by atoms with Crippen molar-refractivity contribution >= 4 is 23.5 Å². The summed E-state index contributed by atoms with van der Waals surface area (Å²) >= 11 is 5.69. The third kappa shape index (κ3) is 3.39. The lowest BCUT2D eigenvalue weighted by atomic mass is 10.0. The molecule has 0 aliphatic carbocycles. The maximum absolute atomic E-state index is 10.7. The molecule has 0 aliphatic heterocycles. The SMILES string of the molecule is NC(=O)CC(O)C(O)c1cc(C(=O)O)cnc1Cl. The maximum atomic E-state index is 10.7. The van der Waals surface area contributed by atoms with Crippen molar-refractivity contribution in [3.8, 4) is 0 Å². The quantitative estimate of drug-likeness (QED) is 0.545. The molecule has 1 heterocycles. The van der Waals surface area contributed by atoms with Crippen LogP contribution in [0.25, 0.3) is 0 Å². The van der Waals surface area contributed by atoms with E-state index in [2.05, 4.69) is 4.98 Å². The fraction of sp³-hybridized carbons (Fsp3) is 0.300. The van der Waals surface area contributed by atoms with E-state index >= 15 is 0 Å². The van der Waals surface area contributed by atoms with Gasteiger partial charge in [-0.25, -0.2) is 9.78 Å². The summed E-state index contributed by atoms with van der Waals surface area (Å²) in [5, 5.41) is 27.9. The van der Waals surface area contributed by atoms with Gasteiger partial charge in [0.1, 0.15) is 11.3 Å². The third-order valence-corrected chi connectivity index (χ3v) is 2.52. The standard InChI is InChI=1S/C10H11ClN2O5/c11-9-5(1-4(3-13-9)10(17)18)8(16)6(14)2-7(12)15/h1,3,6,8,14,16H,2H2,(H2,12,15)(H,17,18). The number of halogens is 1. The van der Waals surface area contributed by atoms with Crippen molar-refractivity contribution in [3.63, 3.8) is 0 Å². The number of hydrogen-bond acceptors (Lipinski definition) is 5. The Labute approximate surface area is 107 Å². The van der Waals surface area contributed by atoms with Crippen LogP contribution in [0.3, 0.4) is 0 Å². The highest BCUT2D eigenvalue weighted by atomic mass is 35.5. The third-order valence-electron chi connectivity index (χ3n) is 2.21. The molecule has 0 aromatic carbocycles. The average molecular weight is 275 g/mol. The van der Waals surface area contributed by atoms with Gasteiger partial charge >= 0.3 is 5.97 Å². The number of carbonyl (C=O) groups is 2. The zero-order chi connectivity index (χ0) is 13.9. The number of aliphatic hydroxyl groups excluding tert-OH is 2. The maximum Gasteiger partial charge on any atom is 0.337 e. The minimum Gasteiger partial charge on any atom is -0.478 e. The molecule has 0 bridgehead atoms. The molecule has 0 fully saturated rings. The minimum atomic E-state index is -1.54. The van der Waals surface area contributed by atoms with Gasteiger partial charge in [0, 0.05) is 11.8 Å². The van der Waals surface area contributed by atoms with Crippen LogP contribution in [0.15, 0.2) is 12.3 Å².